The summed E-state index contributed by atoms with van der Waals surface area (Å²) in [5.41, 5.74) is 4.72. The van der Waals surface area contributed by atoms with Crippen molar-refractivity contribution in [3.8, 4) is 6.01 Å². The lowest BCUT2D eigenvalue weighted by Gasteiger charge is -2.36. The first kappa shape index (κ1) is 21.1. The maximum Gasteiger partial charge on any atom is 0.322 e. The Morgan fingerprint density at radius 1 is 1.09 bits per heavy atom. The molecule has 0 saturated carbocycles. The van der Waals surface area contributed by atoms with Crippen LogP contribution in [-0.4, -0.2) is 64.8 Å². The van der Waals surface area contributed by atoms with Crippen molar-refractivity contribution < 1.29 is 9.53 Å². The third-order valence-corrected chi connectivity index (χ3v) is 6.44. The fourth-order valence-corrected chi connectivity index (χ4v) is 4.75. The van der Waals surface area contributed by atoms with Gasteiger partial charge >= 0.3 is 12.0 Å². The number of amides is 2. The molecule has 2 aromatic carbocycles. The quantitative estimate of drug-likeness (QED) is 0.591. The van der Waals surface area contributed by atoms with E-state index in [-0.39, 0.29) is 24.0 Å². The summed E-state index contributed by atoms with van der Waals surface area (Å²) >= 11 is 0. The zero-order valence-electron chi connectivity index (χ0n) is 18.7. The fourth-order valence-electron chi connectivity index (χ4n) is 4.75. The normalized spacial score (nSPS) is 20.3. The number of nitrogens with one attached hydrogen (secondary N) is 2. The number of hydrogen-bond acceptors (Lipinski definition) is 6. The molecule has 1 fully saturated rings. The molecule has 2 aliphatic heterocycles. The lowest BCUT2D eigenvalue weighted by molar-refractivity contribution is 0.177. The number of urea groups is 1. The Morgan fingerprint density at radius 2 is 1.85 bits per heavy atom. The molecule has 2 N–H and O–H groups in total. The van der Waals surface area contributed by atoms with Crippen LogP contribution in [0.15, 0.2) is 60.9 Å². The molecule has 1 aromatic heterocycles. The van der Waals surface area contributed by atoms with Crippen LogP contribution < -0.4 is 10.1 Å². The maximum absolute atomic E-state index is 13.1. The van der Waals surface area contributed by atoms with Crippen LogP contribution in [0.3, 0.4) is 0 Å². The van der Waals surface area contributed by atoms with E-state index in [0.29, 0.717) is 17.8 Å². The number of fused-ring (bicyclic) bond motifs is 1. The smallest absolute Gasteiger partial charge is 0.322 e. The molecule has 0 spiro atoms. The summed E-state index contributed by atoms with van der Waals surface area (Å²) in [5.74, 6) is 0.251. The Bertz CT molecular complexity index is 1180. The van der Waals surface area contributed by atoms with E-state index in [1.165, 1.54) is 12.7 Å². The number of methoxy groups -OCH3 is 1. The van der Waals surface area contributed by atoms with Crippen molar-refractivity contribution >= 4 is 17.4 Å². The summed E-state index contributed by atoms with van der Waals surface area (Å²) in [4.78, 5) is 25.5. The second kappa shape index (κ2) is 8.63. The summed E-state index contributed by atoms with van der Waals surface area (Å²) < 4.78 is 5.01. The second-order valence-corrected chi connectivity index (χ2v) is 8.57. The third-order valence-electron chi connectivity index (χ3n) is 6.44. The zero-order chi connectivity index (χ0) is 22.9. The van der Waals surface area contributed by atoms with Crippen LogP contribution in [-0.2, 0) is 6.54 Å². The summed E-state index contributed by atoms with van der Waals surface area (Å²) in [5, 5.41) is 11.7. The number of carbonyl (C=O) groups excluding carboxylic acids is 1. The molecule has 1 saturated heterocycles. The average Bonchev–Trinajstić information content (AvgIpc) is 3.25. The van der Waals surface area contributed by atoms with Gasteiger partial charge in [0, 0.05) is 54.8 Å². The van der Waals surface area contributed by atoms with E-state index in [1.807, 2.05) is 29.2 Å². The van der Waals surface area contributed by atoms with E-state index in [9.17, 15) is 4.79 Å². The molecule has 3 heterocycles. The van der Waals surface area contributed by atoms with Gasteiger partial charge in [0.1, 0.15) is 0 Å². The lowest BCUT2D eigenvalue weighted by atomic mass is 9.92. The number of hydrogen-bond donors (Lipinski definition) is 2. The predicted octanol–water partition coefficient (Wildman–Crippen LogP) is 3.35. The first-order chi connectivity index (χ1) is 16.0. The highest BCUT2D eigenvalue weighted by Gasteiger charge is 2.40. The van der Waals surface area contributed by atoms with Gasteiger partial charge in [-0.1, -0.05) is 36.4 Å². The van der Waals surface area contributed by atoms with Gasteiger partial charge < -0.3 is 19.9 Å². The molecule has 0 bridgehead atoms. The van der Waals surface area contributed by atoms with Gasteiger partial charge in [-0.05, 0) is 30.3 Å². The number of likely N-dealkylation sites (N-methyl/N-ethyl adjacent to an activating group) is 1. The molecule has 2 amide bonds. The Balaban J connectivity index is 1.41. The summed E-state index contributed by atoms with van der Waals surface area (Å²) in [6.07, 6.45) is 3.17. The van der Waals surface area contributed by atoms with Crippen LogP contribution in [0.5, 0.6) is 6.01 Å². The number of aromatic nitrogens is 2. The molecular weight excluding hydrogens is 416 g/mol. The van der Waals surface area contributed by atoms with Crippen molar-refractivity contribution in [1.29, 1.82) is 5.41 Å². The van der Waals surface area contributed by atoms with Crippen LogP contribution in [0.1, 0.15) is 28.2 Å². The van der Waals surface area contributed by atoms with Gasteiger partial charge in [0.05, 0.1) is 18.9 Å². The highest BCUT2D eigenvalue weighted by molar-refractivity contribution is 6.11. The number of benzene rings is 2. The van der Waals surface area contributed by atoms with Crippen molar-refractivity contribution in [2.45, 2.75) is 18.5 Å². The van der Waals surface area contributed by atoms with E-state index >= 15 is 0 Å². The largest absolute Gasteiger partial charge is 0.467 e. The lowest BCUT2D eigenvalue weighted by Crippen LogP contribution is -2.48. The van der Waals surface area contributed by atoms with Crippen molar-refractivity contribution in [2.24, 2.45) is 0 Å². The summed E-state index contributed by atoms with van der Waals surface area (Å²) in [6, 6.07) is 16.4. The van der Waals surface area contributed by atoms with Crippen molar-refractivity contribution in [3.05, 3.63) is 83.2 Å². The first-order valence-corrected chi connectivity index (χ1v) is 10.9. The molecule has 0 unspecified atom stereocenters. The van der Waals surface area contributed by atoms with Crippen LogP contribution >= 0.6 is 0 Å². The van der Waals surface area contributed by atoms with Crippen LogP contribution in [0.2, 0.25) is 0 Å². The monoisotopic (exact) mass is 442 g/mol. The molecule has 2 atom stereocenters. The topological polar surface area (TPSA) is 94.4 Å². The van der Waals surface area contributed by atoms with Crippen molar-refractivity contribution in [1.82, 2.24) is 19.8 Å². The number of ether oxygens (including phenoxy) is 1. The van der Waals surface area contributed by atoms with E-state index in [0.717, 1.165) is 29.9 Å². The van der Waals surface area contributed by atoms with Gasteiger partial charge in [-0.15, -0.1) is 0 Å². The minimum Gasteiger partial charge on any atom is -0.467 e. The average molecular weight is 443 g/mol. The summed E-state index contributed by atoms with van der Waals surface area (Å²) in [6.45, 7) is 2.23. The third kappa shape index (κ3) is 4.05. The van der Waals surface area contributed by atoms with Crippen LogP contribution in [0.4, 0.5) is 10.5 Å². The molecule has 5 rings (SSSR count). The SMILES string of the molecule is COc1ncc(C(=N)c2ccc3c(c2)CN([C@@H]2CN(C)C[C@H]2c2ccccc2)C(=O)N3)cn1. The van der Waals surface area contributed by atoms with E-state index in [2.05, 4.69) is 51.5 Å². The Kier molecular flexibility index (Phi) is 5.51. The number of likely N-dealkylation sites (tertiary alicyclic amines) is 1. The molecule has 2 aliphatic rings. The van der Waals surface area contributed by atoms with Crippen molar-refractivity contribution in [2.75, 3.05) is 32.6 Å². The molecular formula is C25H26N6O2. The highest BCUT2D eigenvalue weighted by Crippen LogP contribution is 2.35. The van der Waals surface area contributed by atoms with Gasteiger partial charge in [-0.2, -0.15) is 0 Å². The molecule has 168 valence electrons. The van der Waals surface area contributed by atoms with E-state index < -0.39 is 0 Å². The first-order valence-electron chi connectivity index (χ1n) is 10.9. The van der Waals surface area contributed by atoms with Gasteiger partial charge in [-0.25, -0.2) is 14.8 Å². The number of carbonyl (C=O) groups is 1. The highest BCUT2D eigenvalue weighted by atomic mass is 16.5. The standard InChI is InChI=1S/C25H26N6O2/c1-30-14-20(16-6-4-3-5-7-16)22(15-30)31-13-18-10-17(8-9-21(18)29-25(31)32)23(26)19-11-27-24(33-2)28-12-19/h3-12,20,22,26H,13-15H2,1-2H3,(H,29,32)/t20-,22+/m0/s1. The van der Waals surface area contributed by atoms with Crippen LogP contribution in [0.25, 0.3) is 0 Å². The molecule has 33 heavy (non-hydrogen) atoms. The molecule has 0 aliphatic carbocycles. The summed E-state index contributed by atoms with van der Waals surface area (Å²) in [7, 11) is 3.61. The number of nitrogens with zero attached hydrogens (tertiary/aromatic N) is 4. The zero-order valence-corrected chi connectivity index (χ0v) is 18.7. The van der Waals surface area contributed by atoms with Crippen molar-refractivity contribution in [3.63, 3.8) is 0 Å². The molecule has 3 aromatic rings. The van der Waals surface area contributed by atoms with Gasteiger partial charge in [0.2, 0.25) is 0 Å². The molecule has 8 nitrogen and oxygen atoms in total. The number of anilines is 1. The predicted molar refractivity (Wildman–Crippen MR) is 126 cm³/mol. The minimum absolute atomic E-state index is 0.0728. The fraction of sp³-hybridized carbons (Fsp3) is 0.280. The minimum atomic E-state index is -0.0740. The van der Waals surface area contributed by atoms with Crippen LogP contribution in [0, 0.1) is 5.41 Å². The van der Waals surface area contributed by atoms with Gasteiger partial charge in [0.15, 0.2) is 0 Å². The Labute approximate surface area is 192 Å². The molecule has 8 heteroatoms. The maximum atomic E-state index is 13.1. The molecule has 0 radical (unpaired) electrons. The second-order valence-electron chi connectivity index (χ2n) is 8.57. The Morgan fingerprint density at radius 3 is 2.58 bits per heavy atom. The Hall–Kier alpha value is -3.78. The van der Waals surface area contributed by atoms with Gasteiger partial charge in [0.25, 0.3) is 0 Å². The van der Waals surface area contributed by atoms with E-state index in [1.54, 1.807) is 12.4 Å². The number of rotatable bonds is 5. The van der Waals surface area contributed by atoms with Gasteiger partial charge in [-0.3, -0.25) is 5.41 Å². The van der Waals surface area contributed by atoms with E-state index in [4.69, 9.17) is 10.1 Å².